The zero-order valence-corrected chi connectivity index (χ0v) is 12.2. The number of para-hydroxylation sites is 1. The molecule has 2 heterocycles. The van der Waals surface area contributed by atoms with Gasteiger partial charge in [-0.3, -0.25) is 9.79 Å². The molecule has 0 fully saturated rings. The van der Waals surface area contributed by atoms with Crippen molar-refractivity contribution in [2.75, 3.05) is 0 Å². The number of carbonyl (C=O) groups excluding carboxylic acids is 1. The Bertz CT molecular complexity index is 870. The molecule has 2 aromatic rings. The van der Waals surface area contributed by atoms with Crippen molar-refractivity contribution in [1.82, 2.24) is 4.98 Å². The van der Waals surface area contributed by atoms with E-state index in [1.54, 1.807) is 0 Å². The molecule has 110 valence electrons. The van der Waals surface area contributed by atoms with Gasteiger partial charge in [-0.25, -0.2) is 0 Å². The molecule has 4 rings (SSSR count). The topological polar surface area (TPSA) is 65.5 Å². The molecule has 1 aromatic heterocycles. The number of carbonyl (C=O) groups is 1. The van der Waals surface area contributed by atoms with Crippen LogP contribution in [-0.2, 0) is 4.79 Å². The number of aromatic amines is 1. The van der Waals surface area contributed by atoms with Crippen molar-refractivity contribution in [3.05, 3.63) is 53.8 Å². The van der Waals surface area contributed by atoms with Crippen molar-refractivity contribution >= 4 is 22.4 Å². The van der Waals surface area contributed by atoms with Crippen LogP contribution < -0.4 is 0 Å². The van der Waals surface area contributed by atoms with E-state index in [1.807, 2.05) is 42.5 Å². The highest BCUT2D eigenvalue weighted by atomic mass is 16.3. The molecule has 4 heteroatoms. The first-order chi connectivity index (χ1) is 10.7. The zero-order valence-electron chi connectivity index (χ0n) is 12.2. The second-order valence-corrected chi connectivity index (χ2v) is 5.71. The van der Waals surface area contributed by atoms with E-state index < -0.39 is 0 Å². The maximum Gasteiger partial charge on any atom is 0.192 e. The third-order valence-corrected chi connectivity index (χ3v) is 4.41. The molecule has 0 bridgehead atoms. The third kappa shape index (κ3) is 1.77. The fraction of sp³-hybridized carbons (Fsp3) is 0.222. The lowest BCUT2D eigenvalue weighted by atomic mass is 9.88. The summed E-state index contributed by atoms with van der Waals surface area (Å²) in [6.45, 7) is 2.07. The van der Waals surface area contributed by atoms with Crippen LogP contribution in [-0.4, -0.2) is 27.6 Å². The summed E-state index contributed by atoms with van der Waals surface area (Å²) in [6, 6.07) is 7.30. The zero-order chi connectivity index (χ0) is 15.3. The summed E-state index contributed by atoms with van der Waals surface area (Å²) in [4.78, 5) is 20.3. The minimum absolute atomic E-state index is 0.0258. The van der Waals surface area contributed by atoms with Crippen LogP contribution in [0.3, 0.4) is 0 Å². The predicted molar refractivity (Wildman–Crippen MR) is 86.3 cm³/mol. The Balaban J connectivity index is 1.80. The highest BCUT2D eigenvalue weighted by molar-refractivity contribution is 6.49. The molecule has 0 saturated carbocycles. The van der Waals surface area contributed by atoms with E-state index in [0.29, 0.717) is 16.8 Å². The standard InChI is InChI=1S/C18H16N2O2/c1-2-10-7-8-14-12(9-10)18(22)16(20-14)15-17(21)11-5-3-4-6-13(11)19-15/h3-9,12,14,19,21H,2H2,1H3. The number of hydrogen-bond donors (Lipinski definition) is 2. The molecule has 1 aromatic carbocycles. The number of nitrogens with one attached hydrogen (secondary N) is 1. The van der Waals surface area contributed by atoms with E-state index in [1.165, 1.54) is 0 Å². The van der Waals surface area contributed by atoms with Crippen LogP contribution >= 0.6 is 0 Å². The van der Waals surface area contributed by atoms with Gasteiger partial charge in [0.2, 0.25) is 0 Å². The van der Waals surface area contributed by atoms with Crippen LogP contribution in [0.25, 0.3) is 10.9 Å². The molecular formula is C18H16N2O2. The van der Waals surface area contributed by atoms with Gasteiger partial charge >= 0.3 is 0 Å². The number of aliphatic imine (C=N–C) groups is 1. The number of allylic oxidation sites excluding steroid dienone is 2. The average Bonchev–Trinajstić information content (AvgIpc) is 3.05. The van der Waals surface area contributed by atoms with Crippen molar-refractivity contribution in [3.63, 3.8) is 0 Å². The minimum atomic E-state index is -0.235. The number of H-pyrrole nitrogens is 1. The van der Waals surface area contributed by atoms with Gasteiger partial charge < -0.3 is 10.1 Å². The minimum Gasteiger partial charge on any atom is -0.505 e. The van der Waals surface area contributed by atoms with Crippen LogP contribution in [0, 0.1) is 5.92 Å². The molecule has 1 aliphatic carbocycles. The van der Waals surface area contributed by atoms with Crippen molar-refractivity contribution in [2.24, 2.45) is 10.9 Å². The fourth-order valence-corrected chi connectivity index (χ4v) is 3.17. The van der Waals surface area contributed by atoms with Crippen molar-refractivity contribution in [1.29, 1.82) is 0 Å². The average molecular weight is 292 g/mol. The van der Waals surface area contributed by atoms with Gasteiger partial charge in [0.05, 0.1) is 12.0 Å². The maximum atomic E-state index is 12.7. The van der Waals surface area contributed by atoms with Gasteiger partial charge in [-0.2, -0.15) is 0 Å². The molecule has 4 nitrogen and oxygen atoms in total. The SMILES string of the molecule is CCC1=CC2C(=O)C(c3[nH]c4ccccc4c3O)=NC2C=C1. The first-order valence-electron chi connectivity index (χ1n) is 7.50. The van der Waals surface area contributed by atoms with Crippen LogP contribution in [0.2, 0.25) is 0 Å². The summed E-state index contributed by atoms with van der Waals surface area (Å²) in [5.41, 5.74) is 2.75. The van der Waals surface area contributed by atoms with Gasteiger partial charge in [-0.05, 0) is 18.6 Å². The lowest BCUT2D eigenvalue weighted by Crippen LogP contribution is -2.23. The normalized spacial score (nSPS) is 23.6. The second kappa shape index (κ2) is 4.70. The second-order valence-electron chi connectivity index (χ2n) is 5.71. The highest BCUT2D eigenvalue weighted by Gasteiger charge is 2.38. The van der Waals surface area contributed by atoms with Gasteiger partial charge in [-0.15, -0.1) is 0 Å². The van der Waals surface area contributed by atoms with Crippen LogP contribution in [0.4, 0.5) is 0 Å². The summed E-state index contributed by atoms with van der Waals surface area (Å²) in [7, 11) is 0. The van der Waals surface area contributed by atoms with Gasteiger partial charge in [0.1, 0.15) is 11.4 Å². The number of aromatic nitrogens is 1. The van der Waals surface area contributed by atoms with Crippen molar-refractivity contribution < 1.29 is 9.90 Å². The van der Waals surface area contributed by atoms with Crippen molar-refractivity contribution in [3.8, 4) is 5.75 Å². The lowest BCUT2D eigenvalue weighted by Gasteiger charge is -2.15. The van der Waals surface area contributed by atoms with Crippen LogP contribution in [0.5, 0.6) is 5.75 Å². The maximum absolute atomic E-state index is 12.7. The molecule has 2 aliphatic rings. The summed E-state index contributed by atoms with van der Waals surface area (Å²) >= 11 is 0. The quantitative estimate of drug-likeness (QED) is 0.893. The predicted octanol–water partition coefficient (Wildman–Crippen LogP) is 3.14. The summed E-state index contributed by atoms with van der Waals surface area (Å²) in [5, 5.41) is 11.1. The number of aromatic hydroxyl groups is 1. The van der Waals surface area contributed by atoms with Gasteiger partial charge in [0.15, 0.2) is 11.5 Å². The highest BCUT2D eigenvalue weighted by Crippen LogP contribution is 2.34. The number of hydrogen-bond acceptors (Lipinski definition) is 3. The first kappa shape index (κ1) is 13.1. The van der Waals surface area contributed by atoms with Gasteiger partial charge in [0, 0.05) is 10.9 Å². The number of fused-ring (bicyclic) bond motifs is 2. The third-order valence-electron chi connectivity index (χ3n) is 4.41. The molecule has 1 aliphatic heterocycles. The van der Waals surface area contributed by atoms with E-state index in [4.69, 9.17) is 0 Å². The Labute approximate surface area is 127 Å². The van der Waals surface area contributed by atoms with Gasteiger partial charge in [-0.1, -0.05) is 42.9 Å². The summed E-state index contributed by atoms with van der Waals surface area (Å²) in [5.74, 6) is -0.159. The Hall–Kier alpha value is -2.62. The Morgan fingerprint density at radius 2 is 2.14 bits per heavy atom. The van der Waals surface area contributed by atoms with E-state index >= 15 is 0 Å². The summed E-state index contributed by atoms with van der Waals surface area (Å²) < 4.78 is 0. The number of nitrogens with zero attached hydrogens (tertiary/aromatic N) is 1. The van der Waals surface area contributed by atoms with Crippen LogP contribution in [0.15, 0.2) is 53.1 Å². The molecule has 2 atom stereocenters. The van der Waals surface area contributed by atoms with E-state index in [0.717, 1.165) is 17.5 Å². The molecule has 0 amide bonds. The number of benzene rings is 1. The smallest absolute Gasteiger partial charge is 0.192 e. The van der Waals surface area contributed by atoms with Gasteiger partial charge in [0.25, 0.3) is 0 Å². The van der Waals surface area contributed by atoms with E-state index in [2.05, 4.69) is 16.9 Å². The molecular weight excluding hydrogens is 276 g/mol. The van der Waals surface area contributed by atoms with Crippen molar-refractivity contribution in [2.45, 2.75) is 19.4 Å². The molecule has 22 heavy (non-hydrogen) atoms. The molecule has 2 unspecified atom stereocenters. The molecule has 0 radical (unpaired) electrons. The number of rotatable bonds is 2. The Morgan fingerprint density at radius 1 is 1.32 bits per heavy atom. The van der Waals surface area contributed by atoms with E-state index in [-0.39, 0.29) is 23.5 Å². The monoisotopic (exact) mass is 292 g/mol. The number of ketones is 1. The molecule has 0 spiro atoms. The number of Topliss-reactive ketones (excluding diaryl/α,β-unsaturated/α-hetero) is 1. The summed E-state index contributed by atoms with van der Waals surface area (Å²) in [6.07, 6.45) is 6.92. The Kier molecular flexibility index (Phi) is 2.79. The molecule has 0 saturated heterocycles. The molecule has 2 N–H and O–H groups in total. The Morgan fingerprint density at radius 3 is 2.91 bits per heavy atom. The largest absolute Gasteiger partial charge is 0.505 e. The lowest BCUT2D eigenvalue weighted by molar-refractivity contribution is -0.114. The fourth-order valence-electron chi connectivity index (χ4n) is 3.17. The van der Waals surface area contributed by atoms with E-state index in [9.17, 15) is 9.90 Å². The van der Waals surface area contributed by atoms with Crippen LogP contribution in [0.1, 0.15) is 19.0 Å². The first-order valence-corrected chi connectivity index (χ1v) is 7.50.